The molecule has 6 heteroatoms. The largest absolute Gasteiger partial charge is 0.485 e. The number of nitrogens with zero attached hydrogens (tertiary/aromatic N) is 2. The van der Waals surface area contributed by atoms with Gasteiger partial charge in [-0.05, 0) is 62.6 Å². The van der Waals surface area contributed by atoms with Crippen molar-refractivity contribution < 1.29 is 13.9 Å². The molecule has 0 radical (unpaired) electrons. The van der Waals surface area contributed by atoms with E-state index >= 15 is 0 Å². The highest BCUT2D eigenvalue weighted by Crippen LogP contribution is 2.23. The summed E-state index contributed by atoms with van der Waals surface area (Å²) in [6.07, 6.45) is 0. The van der Waals surface area contributed by atoms with Crippen molar-refractivity contribution in [3.05, 3.63) is 100 Å². The van der Waals surface area contributed by atoms with Gasteiger partial charge < -0.3 is 14.5 Å². The van der Waals surface area contributed by atoms with E-state index in [0.29, 0.717) is 18.0 Å². The molecule has 2 heterocycles. The van der Waals surface area contributed by atoms with E-state index < -0.39 is 0 Å². The second-order valence-corrected chi connectivity index (χ2v) is 7.97. The van der Waals surface area contributed by atoms with Crippen molar-refractivity contribution in [1.29, 1.82) is 0 Å². The number of aromatic nitrogens is 2. The fraction of sp³-hybridized carbons (Fsp3) is 0.231. The molecule has 2 aromatic heterocycles. The van der Waals surface area contributed by atoms with Gasteiger partial charge in [0.25, 0.3) is 5.91 Å². The Morgan fingerprint density at radius 1 is 1.03 bits per heavy atom. The molecule has 164 valence electrons. The Bertz CT molecular complexity index is 1240. The summed E-state index contributed by atoms with van der Waals surface area (Å²) < 4.78 is 13.5. The molecule has 32 heavy (non-hydrogen) atoms. The summed E-state index contributed by atoms with van der Waals surface area (Å²) in [6.45, 7) is 8.75. The Labute approximate surface area is 187 Å². The first kappa shape index (κ1) is 21.4. The van der Waals surface area contributed by atoms with E-state index in [9.17, 15) is 4.79 Å². The van der Waals surface area contributed by atoms with Crippen LogP contribution in [0.3, 0.4) is 0 Å². The number of furan rings is 1. The maximum atomic E-state index is 12.8. The summed E-state index contributed by atoms with van der Waals surface area (Å²) in [7, 11) is 0. The van der Waals surface area contributed by atoms with Crippen molar-refractivity contribution in [2.45, 2.75) is 40.8 Å². The summed E-state index contributed by atoms with van der Waals surface area (Å²) in [5.41, 5.74) is 5.69. The topological polar surface area (TPSA) is 69.3 Å². The van der Waals surface area contributed by atoms with Gasteiger partial charge in [0, 0.05) is 0 Å². The third-order valence-electron chi connectivity index (χ3n) is 5.39. The molecule has 0 spiro atoms. The third-order valence-corrected chi connectivity index (χ3v) is 5.39. The maximum Gasteiger partial charge on any atom is 0.291 e. The Kier molecular flexibility index (Phi) is 6.12. The average molecular weight is 430 g/mol. The Balaban J connectivity index is 1.42. The Hall–Kier alpha value is -3.80. The fourth-order valence-corrected chi connectivity index (χ4v) is 3.55. The van der Waals surface area contributed by atoms with E-state index in [-0.39, 0.29) is 18.3 Å². The fourth-order valence-electron chi connectivity index (χ4n) is 3.55. The highest BCUT2D eigenvalue weighted by Gasteiger charge is 2.18. The molecule has 0 aliphatic carbocycles. The van der Waals surface area contributed by atoms with Crippen LogP contribution in [-0.2, 0) is 13.2 Å². The minimum atomic E-state index is -0.312. The van der Waals surface area contributed by atoms with Crippen LogP contribution in [0.1, 0.15) is 44.4 Å². The number of hydrogen-bond acceptors (Lipinski definition) is 4. The molecule has 0 saturated heterocycles. The molecule has 0 fully saturated rings. The average Bonchev–Trinajstić information content (AvgIpc) is 3.36. The van der Waals surface area contributed by atoms with Gasteiger partial charge in [-0.25, -0.2) is 0 Å². The summed E-state index contributed by atoms with van der Waals surface area (Å²) in [5.74, 6) is 1.32. The van der Waals surface area contributed by atoms with Gasteiger partial charge in [0.05, 0.1) is 23.6 Å². The Morgan fingerprint density at radius 2 is 1.81 bits per heavy atom. The van der Waals surface area contributed by atoms with Gasteiger partial charge in [-0.3, -0.25) is 9.48 Å². The van der Waals surface area contributed by atoms with E-state index in [1.54, 1.807) is 12.1 Å². The molecule has 0 bridgehead atoms. The van der Waals surface area contributed by atoms with E-state index in [2.05, 4.69) is 22.5 Å². The van der Waals surface area contributed by atoms with Gasteiger partial charge in [0.2, 0.25) is 0 Å². The number of benzene rings is 2. The molecule has 1 amide bonds. The number of amides is 1. The minimum absolute atomic E-state index is 0.235. The van der Waals surface area contributed by atoms with Gasteiger partial charge >= 0.3 is 0 Å². The van der Waals surface area contributed by atoms with Gasteiger partial charge in [-0.15, -0.1) is 0 Å². The normalized spacial score (nSPS) is 10.9. The molecule has 0 unspecified atom stereocenters. The van der Waals surface area contributed by atoms with Crippen molar-refractivity contribution in [2.24, 2.45) is 0 Å². The lowest BCUT2D eigenvalue weighted by atomic mass is 10.1. The van der Waals surface area contributed by atoms with Gasteiger partial charge in [0.15, 0.2) is 5.76 Å². The third kappa shape index (κ3) is 4.75. The first-order valence-corrected chi connectivity index (χ1v) is 10.6. The maximum absolute atomic E-state index is 12.8. The predicted molar refractivity (Wildman–Crippen MR) is 124 cm³/mol. The lowest BCUT2D eigenvalue weighted by Gasteiger charge is -2.08. The number of ether oxygens (including phenoxy) is 1. The van der Waals surface area contributed by atoms with Gasteiger partial charge in [-0.1, -0.05) is 42.5 Å². The number of carbonyl (C=O) groups is 1. The highest BCUT2D eigenvalue weighted by atomic mass is 16.5. The molecule has 2 aromatic carbocycles. The number of hydrogen-bond donors (Lipinski definition) is 1. The predicted octanol–water partition coefficient (Wildman–Crippen LogP) is 5.59. The second kappa shape index (κ2) is 9.14. The lowest BCUT2D eigenvalue weighted by molar-refractivity contribution is 0.0992. The van der Waals surface area contributed by atoms with Crippen LogP contribution in [0.5, 0.6) is 5.75 Å². The van der Waals surface area contributed by atoms with Crippen LogP contribution in [-0.4, -0.2) is 15.7 Å². The van der Waals surface area contributed by atoms with Crippen molar-refractivity contribution >= 4 is 11.6 Å². The molecule has 4 rings (SSSR count). The van der Waals surface area contributed by atoms with Gasteiger partial charge in [0.1, 0.15) is 18.1 Å². The molecule has 0 saturated carbocycles. The molecule has 0 atom stereocenters. The smallest absolute Gasteiger partial charge is 0.291 e. The van der Waals surface area contributed by atoms with E-state index in [0.717, 1.165) is 33.8 Å². The van der Waals surface area contributed by atoms with Crippen molar-refractivity contribution in [3.63, 3.8) is 0 Å². The minimum Gasteiger partial charge on any atom is -0.485 e. The number of carbonyl (C=O) groups excluding carboxylic acids is 1. The van der Waals surface area contributed by atoms with Crippen LogP contribution in [0.2, 0.25) is 0 Å². The number of rotatable bonds is 7. The van der Waals surface area contributed by atoms with E-state index in [1.165, 1.54) is 0 Å². The summed E-state index contributed by atoms with van der Waals surface area (Å²) in [4.78, 5) is 12.8. The van der Waals surface area contributed by atoms with Crippen LogP contribution in [0, 0.1) is 27.7 Å². The zero-order chi connectivity index (χ0) is 22.7. The van der Waals surface area contributed by atoms with E-state index in [4.69, 9.17) is 9.15 Å². The molecule has 4 aromatic rings. The van der Waals surface area contributed by atoms with Crippen LogP contribution in [0.25, 0.3) is 0 Å². The highest BCUT2D eigenvalue weighted by molar-refractivity contribution is 6.02. The molecule has 6 nitrogen and oxygen atoms in total. The van der Waals surface area contributed by atoms with Crippen molar-refractivity contribution in [3.8, 4) is 5.75 Å². The van der Waals surface area contributed by atoms with Crippen LogP contribution in [0.4, 0.5) is 5.69 Å². The number of nitrogens with one attached hydrogen (secondary N) is 1. The monoisotopic (exact) mass is 429 g/mol. The molecule has 1 N–H and O–H groups in total. The standard InChI is InChI=1S/C26H27N3O3/c1-17-10-11-18(2)24(14-17)31-16-22-12-13-23(32-22)26(30)27-25-19(3)28-29(20(25)4)15-21-8-6-5-7-9-21/h5-14H,15-16H2,1-4H3,(H,27,30). The second-order valence-electron chi connectivity index (χ2n) is 7.97. The SMILES string of the molecule is Cc1ccc(C)c(OCc2ccc(C(=O)Nc3c(C)nn(Cc4ccccc4)c3C)o2)c1. The van der Waals surface area contributed by atoms with Crippen LogP contribution < -0.4 is 10.1 Å². The van der Waals surface area contributed by atoms with Crippen LogP contribution >= 0.6 is 0 Å². The molecule has 0 aliphatic heterocycles. The molecule has 0 aliphatic rings. The lowest BCUT2D eigenvalue weighted by Crippen LogP contribution is -2.12. The Morgan fingerprint density at radius 3 is 2.59 bits per heavy atom. The molecular formula is C26H27N3O3. The van der Waals surface area contributed by atoms with E-state index in [1.807, 2.05) is 68.8 Å². The summed E-state index contributed by atoms with van der Waals surface area (Å²) >= 11 is 0. The first-order valence-electron chi connectivity index (χ1n) is 10.6. The number of anilines is 1. The zero-order valence-corrected chi connectivity index (χ0v) is 18.8. The van der Waals surface area contributed by atoms with Crippen molar-refractivity contribution in [2.75, 3.05) is 5.32 Å². The zero-order valence-electron chi connectivity index (χ0n) is 18.8. The molecular weight excluding hydrogens is 402 g/mol. The number of aryl methyl sites for hydroxylation is 3. The first-order chi connectivity index (χ1) is 15.4. The quantitative estimate of drug-likeness (QED) is 0.416. The van der Waals surface area contributed by atoms with Crippen molar-refractivity contribution in [1.82, 2.24) is 9.78 Å². The van der Waals surface area contributed by atoms with Gasteiger partial charge in [-0.2, -0.15) is 5.10 Å². The summed E-state index contributed by atoms with van der Waals surface area (Å²) in [6, 6.07) is 19.6. The summed E-state index contributed by atoms with van der Waals surface area (Å²) in [5, 5.41) is 7.53. The van der Waals surface area contributed by atoms with Crippen LogP contribution in [0.15, 0.2) is 65.1 Å².